The highest BCUT2D eigenvalue weighted by Crippen LogP contribution is 2.31. The molecule has 166 valence electrons. The van der Waals surface area contributed by atoms with Crippen LogP contribution in [0.1, 0.15) is 18.9 Å². The highest BCUT2D eigenvalue weighted by atomic mass is 28.3. The van der Waals surface area contributed by atoms with Crippen molar-refractivity contribution >= 4 is 19.7 Å². The molecule has 0 spiro atoms. The molecule has 1 rings (SSSR count). The number of nitrogens with zero attached hydrogens (tertiary/aromatic N) is 2. The van der Waals surface area contributed by atoms with Gasteiger partial charge in [-0.15, -0.1) is 0 Å². The Morgan fingerprint density at radius 1 is 1.31 bits per heavy atom. The number of carboxylic acids is 1. The lowest BCUT2D eigenvalue weighted by atomic mass is 10.2. The third kappa shape index (κ3) is 9.41. The minimum Gasteiger partial charge on any atom is -0.550 e. The Balaban J connectivity index is 2.84. The molecule has 0 radical (unpaired) electrons. The molecule has 0 saturated heterocycles. The van der Waals surface area contributed by atoms with E-state index in [0.717, 1.165) is 12.2 Å². The van der Waals surface area contributed by atoms with Crippen molar-refractivity contribution < 1.29 is 32.5 Å². The molecule has 0 amide bonds. The highest BCUT2D eigenvalue weighted by Gasteiger charge is 2.38. The van der Waals surface area contributed by atoms with Crippen LogP contribution in [0.3, 0.4) is 0 Å². The molecular weight excluding hydrogens is 411 g/mol. The van der Waals surface area contributed by atoms with Crippen molar-refractivity contribution in [2.75, 3.05) is 25.1 Å². The predicted molar refractivity (Wildman–Crippen MR) is 101 cm³/mol. The summed E-state index contributed by atoms with van der Waals surface area (Å²) in [4.78, 5) is 22.6. The number of alkyl halides is 3. The Morgan fingerprint density at radius 2 is 1.97 bits per heavy atom. The van der Waals surface area contributed by atoms with Crippen LogP contribution in [0.15, 0.2) is 11.0 Å². The summed E-state index contributed by atoms with van der Waals surface area (Å²) in [5, 5.41) is 16.6. The fourth-order valence-corrected chi connectivity index (χ4v) is 2.97. The maximum Gasteiger partial charge on any atom is 0.423 e. The third-order valence-electron chi connectivity index (χ3n) is 3.76. The fourth-order valence-electron chi connectivity index (χ4n) is 2.22. The molecule has 0 saturated carbocycles. The molecule has 1 N–H and O–H groups in total. The average molecular weight is 438 g/mol. The largest absolute Gasteiger partial charge is 0.550 e. The quantitative estimate of drug-likeness (QED) is 0.390. The minimum absolute atomic E-state index is 0.0620. The van der Waals surface area contributed by atoms with Gasteiger partial charge in [0.2, 0.25) is 0 Å². The van der Waals surface area contributed by atoms with E-state index in [9.17, 15) is 27.9 Å². The van der Waals surface area contributed by atoms with Gasteiger partial charge in [-0.05, 0) is 13.0 Å². The van der Waals surface area contributed by atoms with Crippen LogP contribution in [0, 0.1) is 0 Å². The Bertz CT molecular complexity index is 734. The molecule has 0 bridgehead atoms. The second kappa shape index (κ2) is 10.7. The predicted octanol–water partition coefficient (Wildman–Crippen LogP) is 1.53. The van der Waals surface area contributed by atoms with E-state index >= 15 is 0 Å². The Kier molecular flexibility index (Phi) is 9.30. The smallest absolute Gasteiger partial charge is 0.423 e. The number of carbonyl (C=O) groups is 1. The van der Waals surface area contributed by atoms with E-state index in [4.69, 9.17) is 9.47 Å². The van der Waals surface area contributed by atoms with Gasteiger partial charge in [0.15, 0.2) is 0 Å². The van der Waals surface area contributed by atoms with Gasteiger partial charge >= 0.3 is 6.18 Å². The zero-order valence-corrected chi connectivity index (χ0v) is 18.0. The molecule has 29 heavy (non-hydrogen) atoms. The van der Waals surface area contributed by atoms with Crippen LogP contribution in [-0.2, 0) is 27.2 Å². The van der Waals surface area contributed by atoms with Gasteiger partial charge in [0, 0.05) is 33.1 Å². The molecule has 1 aromatic rings. The van der Waals surface area contributed by atoms with Gasteiger partial charge < -0.3 is 24.7 Å². The van der Waals surface area contributed by atoms with Crippen molar-refractivity contribution in [2.45, 2.75) is 58.0 Å². The van der Waals surface area contributed by atoms with Crippen LogP contribution in [0.25, 0.3) is 0 Å². The molecule has 1 atom stereocenters. The normalized spacial score (nSPS) is 13.3. The van der Waals surface area contributed by atoms with E-state index in [2.05, 4.69) is 30.1 Å². The van der Waals surface area contributed by atoms with E-state index in [0.29, 0.717) is 11.3 Å². The lowest BCUT2D eigenvalue weighted by Crippen LogP contribution is -2.34. The van der Waals surface area contributed by atoms with Crippen LogP contribution >= 0.6 is 0 Å². The zero-order valence-electron chi connectivity index (χ0n) is 17.0. The van der Waals surface area contributed by atoms with Crippen molar-refractivity contribution in [2.24, 2.45) is 0 Å². The third-order valence-corrected chi connectivity index (χ3v) is 5.46. The SMILES string of the molecule is C[C@@H](COCCC(=O)[O-])Nc1cnn(COCC[Si](C)(C)C)c(=O)c1C(F)(F)F. The van der Waals surface area contributed by atoms with Crippen molar-refractivity contribution in [3.63, 3.8) is 0 Å². The number of anilines is 1. The number of aromatic nitrogens is 2. The van der Waals surface area contributed by atoms with Crippen molar-refractivity contribution in [1.82, 2.24) is 9.78 Å². The van der Waals surface area contributed by atoms with Gasteiger partial charge in [-0.1, -0.05) is 19.6 Å². The number of hydrogen-bond acceptors (Lipinski definition) is 7. The second-order valence-corrected chi connectivity index (χ2v) is 13.4. The molecule has 0 aliphatic carbocycles. The second-order valence-electron chi connectivity index (χ2n) is 7.83. The van der Waals surface area contributed by atoms with Gasteiger partial charge in [0.1, 0.15) is 12.3 Å². The lowest BCUT2D eigenvalue weighted by Gasteiger charge is -2.20. The highest BCUT2D eigenvalue weighted by molar-refractivity contribution is 6.76. The van der Waals surface area contributed by atoms with Crippen molar-refractivity contribution in [3.05, 3.63) is 22.1 Å². The molecule has 0 aliphatic rings. The first-order valence-electron chi connectivity index (χ1n) is 9.10. The van der Waals surface area contributed by atoms with Gasteiger partial charge in [0.05, 0.1) is 25.1 Å². The molecular formula is C17H27F3N3O5Si-. The fraction of sp³-hybridized carbons (Fsp3) is 0.706. The number of hydrogen-bond donors (Lipinski definition) is 1. The average Bonchev–Trinajstić information content (AvgIpc) is 2.55. The minimum atomic E-state index is -4.89. The monoisotopic (exact) mass is 438 g/mol. The molecule has 8 nitrogen and oxygen atoms in total. The number of halogens is 3. The van der Waals surface area contributed by atoms with E-state index in [1.54, 1.807) is 0 Å². The summed E-state index contributed by atoms with van der Waals surface area (Å²) in [6.45, 7) is 7.71. The molecule has 1 heterocycles. The summed E-state index contributed by atoms with van der Waals surface area (Å²) in [6.07, 6.45) is -4.29. The van der Waals surface area contributed by atoms with Crippen molar-refractivity contribution in [1.29, 1.82) is 0 Å². The summed E-state index contributed by atoms with van der Waals surface area (Å²) in [6, 6.07) is 0.186. The van der Waals surface area contributed by atoms with Gasteiger partial charge in [-0.2, -0.15) is 18.3 Å². The Morgan fingerprint density at radius 3 is 2.52 bits per heavy atom. The molecule has 1 aromatic heterocycles. The summed E-state index contributed by atoms with van der Waals surface area (Å²) < 4.78 is 51.4. The van der Waals surface area contributed by atoms with Crippen LogP contribution < -0.4 is 16.0 Å². The first-order valence-corrected chi connectivity index (χ1v) is 12.8. The van der Waals surface area contributed by atoms with Gasteiger partial charge in [0.25, 0.3) is 5.56 Å². The number of ether oxygens (including phenoxy) is 2. The summed E-state index contributed by atoms with van der Waals surface area (Å²) in [5.41, 5.74) is -3.15. The molecule has 0 unspecified atom stereocenters. The molecule has 0 fully saturated rings. The molecule has 0 aromatic carbocycles. The molecule has 0 aliphatic heterocycles. The maximum absolute atomic E-state index is 13.5. The topological polar surface area (TPSA) is 106 Å². The zero-order chi connectivity index (χ0) is 22.2. The number of carbonyl (C=O) groups excluding carboxylic acids is 1. The van der Waals surface area contributed by atoms with Crippen molar-refractivity contribution in [3.8, 4) is 0 Å². The Hall–Kier alpha value is -1.92. The first-order chi connectivity index (χ1) is 13.3. The number of nitrogens with one attached hydrogen (secondary N) is 1. The Labute approximate surface area is 168 Å². The first kappa shape index (κ1) is 25.1. The van der Waals surface area contributed by atoms with Crippen LogP contribution in [0.5, 0.6) is 0 Å². The lowest BCUT2D eigenvalue weighted by molar-refractivity contribution is -0.306. The molecule has 12 heteroatoms. The number of aliphatic carboxylic acids is 1. The maximum atomic E-state index is 13.5. The van der Waals surface area contributed by atoms with E-state index in [1.165, 1.54) is 6.92 Å². The summed E-state index contributed by atoms with van der Waals surface area (Å²) in [7, 11) is -1.37. The van der Waals surface area contributed by atoms with Gasteiger partial charge in [-0.25, -0.2) is 4.68 Å². The van der Waals surface area contributed by atoms with Crippen LogP contribution in [0.2, 0.25) is 25.7 Å². The number of rotatable bonds is 12. The van der Waals surface area contributed by atoms with Crippen LogP contribution in [-0.4, -0.2) is 49.7 Å². The summed E-state index contributed by atoms with van der Waals surface area (Å²) in [5.74, 6) is -1.29. The van der Waals surface area contributed by atoms with Crippen LogP contribution in [0.4, 0.5) is 18.9 Å². The standard InChI is InChI=1S/C17H28F3N3O5Si/c1-12(10-27-6-5-14(24)25)22-13-9-21-23(11-28-7-8-29(2,3)4)16(26)15(13)17(18,19)20/h9,12,22H,5-8,10-11H2,1-4H3,(H,24,25)/p-1/t12-/m0/s1. The van der Waals surface area contributed by atoms with E-state index in [-0.39, 0.29) is 26.4 Å². The van der Waals surface area contributed by atoms with Gasteiger partial charge in [-0.3, -0.25) is 4.79 Å². The van der Waals surface area contributed by atoms with E-state index < -0.39 is 43.1 Å². The summed E-state index contributed by atoms with van der Waals surface area (Å²) >= 11 is 0. The number of carboxylic acid groups (broad SMARTS) is 1. The van der Waals surface area contributed by atoms with E-state index in [1.807, 2.05) is 0 Å².